The van der Waals surface area contributed by atoms with E-state index in [1.165, 1.54) is 36.9 Å². The molecular weight excluding hydrogens is 716 g/mol. The lowest BCUT2D eigenvalue weighted by atomic mass is 10.0. The first kappa shape index (κ1) is 52.0. The number of ether oxygens (including phenoxy) is 3. The number of rotatable bonds is 5. The lowest BCUT2D eigenvalue weighted by molar-refractivity contribution is -0.150. The summed E-state index contributed by atoms with van der Waals surface area (Å²) in [4.78, 5) is 67.4. The normalized spacial score (nSPS) is 9.20. The predicted molar refractivity (Wildman–Crippen MR) is 180 cm³/mol. The van der Waals surface area contributed by atoms with Gasteiger partial charge in [-0.05, 0) is 30.3 Å². The maximum atomic E-state index is 10.9. The summed E-state index contributed by atoms with van der Waals surface area (Å²) in [5.74, 6) is -4.12. The largest absolute Gasteiger partial charge is 0.870 e. The van der Waals surface area contributed by atoms with Gasteiger partial charge in [0.2, 0.25) is 10.6 Å². The molecule has 242 valence electrons. The monoisotopic (exact) mass is 740 g/mol. The van der Waals surface area contributed by atoms with Crippen molar-refractivity contribution in [1.29, 1.82) is 0 Å². The number of ketones is 1. The molecular formula is C21H25B4Cl3N3O11S3-. The van der Waals surface area contributed by atoms with Crippen molar-refractivity contribution in [2.24, 2.45) is 5.73 Å². The van der Waals surface area contributed by atoms with E-state index in [1.54, 1.807) is 20.8 Å². The molecule has 2 aromatic heterocycles. The molecule has 1 unspecified atom stereocenters. The molecule has 2 rings (SSSR count). The number of nitrogens with two attached hydrogens (primary N) is 1. The van der Waals surface area contributed by atoms with Crippen molar-refractivity contribution in [2.75, 3.05) is 21.3 Å². The van der Waals surface area contributed by atoms with Gasteiger partial charge >= 0.3 is 23.9 Å². The van der Waals surface area contributed by atoms with E-state index in [1.807, 2.05) is 0 Å². The molecule has 0 spiro atoms. The Kier molecular flexibility index (Phi) is 34.8. The number of thiocarbonyl (C=S) groups is 1. The molecule has 4 N–H and O–H groups in total. The third kappa shape index (κ3) is 28.7. The molecule has 0 aromatic carbocycles. The SMILES string of the molecule is CC(N)=S.COC(=O)C(Cl)Cl.[B]C(Cl)C(=O)C(=O)OC.[B]C=O.[B]c1sc(C)nc1C(=O)O.[B]c1sc(C)nc1C(=O)OC.[OH-]. The van der Waals surface area contributed by atoms with E-state index >= 15 is 0 Å². The maximum Gasteiger partial charge on any atom is 0.375 e. The zero-order chi connectivity index (χ0) is 35.7. The van der Waals surface area contributed by atoms with E-state index in [0.717, 1.165) is 12.1 Å². The summed E-state index contributed by atoms with van der Waals surface area (Å²) >= 11 is 21.8. The third-order valence-electron chi connectivity index (χ3n) is 3.12. The second-order valence-corrected chi connectivity index (χ2v) is 11.2. The van der Waals surface area contributed by atoms with Crippen LogP contribution in [0.3, 0.4) is 0 Å². The highest BCUT2D eigenvalue weighted by Gasteiger charge is 2.18. The molecule has 24 heteroatoms. The molecule has 0 aliphatic rings. The number of carboxylic acids is 1. The summed E-state index contributed by atoms with van der Waals surface area (Å²) in [5.41, 5.74) is 5.02. The first-order valence-corrected chi connectivity index (χ1v) is 14.1. The van der Waals surface area contributed by atoms with Crippen LogP contribution in [0.25, 0.3) is 0 Å². The fourth-order valence-corrected chi connectivity index (χ4v) is 3.22. The summed E-state index contributed by atoms with van der Waals surface area (Å²) in [6, 6.07) is 0. The third-order valence-corrected chi connectivity index (χ3v) is 5.27. The number of esters is 3. The zero-order valence-electron chi connectivity index (χ0n) is 24.4. The second-order valence-electron chi connectivity index (χ2n) is 6.52. The molecule has 8 radical (unpaired) electrons. The fraction of sp³-hybridized carbons (Fsp3) is 0.381. The van der Waals surface area contributed by atoms with Gasteiger partial charge in [-0.3, -0.25) is 4.79 Å². The summed E-state index contributed by atoms with van der Waals surface area (Å²) in [6.45, 7) is 5.18. The molecule has 0 fully saturated rings. The minimum atomic E-state index is -1.29. The molecule has 0 saturated heterocycles. The molecule has 0 aliphatic heterocycles. The van der Waals surface area contributed by atoms with Crippen LogP contribution in [0.2, 0.25) is 0 Å². The fourth-order valence-electron chi connectivity index (χ4n) is 1.58. The van der Waals surface area contributed by atoms with Crippen molar-refractivity contribution in [3.8, 4) is 0 Å². The standard InChI is InChI=1S/C6H6BNO2S.C5H4BNO2S.C4H4BClO3.C3H4Cl2O2.C2H5NS.CHBO.H2O/c1-3-8-4(5(7)11-3)6(9)10-2;1-2-7-3(5(8)9)4(6)10-2;1-9-4(8)2(7)3(5)6;1-7-3(6)2(4)5;1-2(3)4;2-1-3;/h1-2H3;1H3,(H,8,9);3H,1H3;2H,1H3;1H3,(H2,3,4);1H;1H2/p-1. The smallest absolute Gasteiger partial charge is 0.375 e. The Bertz CT molecular complexity index is 1230. The molecule has 0 aliphatic carbocycles. The predicted octanol–water partition coefficient (Wildman–Crippen LogP) is -0.139. The molecule has 0 bridgehead atoms. The van der Waals surface area contributed by atoms with E-state index in [9.17, 15) is 24.0 Å². The molecule has 0 saturated carbocycles. The van der Waals surface area contributed by atoms with Crippen LogP contribution in [0.1, 0.15) is 37.9 Å². The van der Waals surface area contributed by atoms with Crippen LogP contribution in [0, 0.1) is 13.8 Å². The number of thiazole rings is 2. The number of aromatic carboxylic acids is 1. The number of halogens is 3. The highest BCUT2D eigenvalue weighted by molar-refractivity contribution is 7.80. The van der Waals surface area contributed by atoms with Gasteiger partial charge in [0.1, 0.15) is 23.5 Å². The van der Waals surface area contributed by atoms with Crippen molar-refractivity contribution < 1.29 is 53.6 Å². The number of alkyl halides is 3. The molecule has 0 amide bonds. The van der Waals surface area contributed by atoms with Crippen LogP contribution in [0.5, 0.6) is 0 Å². The number of carbonyl (C=O) groups is 6. The van der Waals surface area contributed by atoms with Gasteiger partial charge in [-0.2, -0.15) is 0 Å². The Morgan fingerprint density at radius 3 is 1.42 bits per heavy atom. The Hall–Kier alpha value is -2.54. The van der Waals surface area contributed by atoms with Crippen LogP contribution in [0.15, 0.2) is 0 Å². The number of hydrogen-bond acceptors (Lipinski definition) is 15. The Morgan fingerprint density at radius 1 is 0.933 bits per heavy atom. The molecule has 1 atom stereocenters. The first-order chi connectivity index (χ1) is 20.2. The van der Waals surface area contributed by atoms with Gasteiger partial charge in [0.25, 0.3) is 0 Å². The number of Topliss-reactive ketones (excluding diaryl/α,β-unsaturated/α-hetero) is 1. The number of nitrogens with zero attached hydrogens (tertiary/aromatic N) is 2. The van der Waals surface area contributed by atoms with Gasteiger partial charge in [-0.1, -0.05) is 35.4 Å². The van der Waals surface area contributed by atoms with Crippen LogP contribution in [-0.4, -0.2) is 124 Å². The number of aromatic nitrogens is 2. The average Bonchev–Trinajstić information content (AvgIpc) is 3.46. The van der Waals surface area contributed by atoms with Gasteiger partial charge in [0, 0.05) is 0 Å². The number of hydrogen-bond donors (Lipinski definition) is 2. The number of carboxylic acid groups (broad SMARTS) is 1. The first-order valence-electron chi connectivity index (χ1n) is 10.7. The molecule has 2 heterocycles. The topological polar surface area (TPSA) is 232 Å². The maximum absolute atomic E-state index is 10.9. The highest BCUT2D eigenvalue weighted by Crippen LogP contribution is 2.05. The second kappa shape index (κ2) is 30.1. The van der Waals surface area contributed by atoms with Crippen LogP contribution >= 0.6 is 69.7 Å². The minimum absolute atomic E-state index is 0. The lowest BCUT2D eigenvalue weighted by Gasteiger charge is -1.97. The van der Waals surface area contributed by atoms with Crippen molar-refractivity contribution in [3.05, 3.63) is 21.4 Å². The zero-order valence-corrected chi connectivity index (χ0v) is 29.2. The van der Waals surface area contributed by atoms with Crippen LogP contribution < -0.4 is 15.3 Å². The van der Waals surface area contributed by atoms with Crippen molar-refractivity contribution in [3.63, 3.8) is 0 Å². The van der Waals surface area contributed by atoms with Crippen LogP contribution in [-0.2, 0) is 33.4 Å². The quantitative estimate of drug-likeness (QED) is 0.0773. The minimum Gasteiger partial charge on any atom is -0.870 e. The van der Waals surface area contributed by atoms with Gasteiger partial charge in [-0.15, -0.1) is 34.3 Å². The van der Waals surface area contributed by atoms with Gasteiger partial charge in [0.05, 0.1) is 47.8 Å². The van der Waals surface area contributed by atoms with Crippen molar-refractivity contribution >= 4 is 151 Å². The molecule has 2 aromatic rings. The summed E-state index contributed by atoms with van der Waals surface area (Å²) < 4.78 is 13.3. The Morgan fingerprint density at radius 2 is 1.29 bits per heavy atom. The van der Waals surface area contributed by atoms with E-state index in [-0.39, 0.29) is 27.8 Å². The van der Waals surface area contributed by atoms with E-state index in [0.29, 0.717) is 14.8 Å². The Labute approximate surface area is 293 Å². The van der Waals surface area contributed by atoms with E-state index in [2.05, 4.69) is 44.2 Å². The van der Waals surface area contributed by atoms with E-state index in [4.69, 9.17) is 74.0 Å². The molecule has 45 heavy (non-hydrogen) atoms. The average molecular weight is 741 g/mol. The van der Waals surface area contributed by atoms with Crippen molar-refractivity contribution in [1.82, 2.24) is 9.97 Å². The number of aryl methyl sites for hydroxylation is 2. The molecule has 14 nitrogen and oxygen atoms in total. The Balaban J connectivity index is -0.000000148. The number of carbonyl (C=O) groups excluding carboxylic acids is 5. The lowest BCUT2D eigenvalue weighted by Crippen LogP contribution is -2.25. The van der Waals surface area contributed by atoms with E-state index < -0.39 is 39.8 Å². The van der Waals surface area contributed by atoms with Gasteiger partial charge in [0.15, 0.2) is 19.2 Å². The summed E-state index contributed by atoms with van der Waals surface area (Å²) in [7, 11) is 23.4. The highest BCUT2D eigenvalue weighted by atomic mass is 35.5. The van der Waals surface area contributed by atoms with Gasteiger partial charge < -0.3 is 35.3 Å². The van der Waals surface area contributed by atoms with Crippen LogP contribution in [0.4, 0.5) is 0 Å². The summed E-state index contributed by atoms with van der Waals surface area (Å²) in [6.07, 6.45) is 0.250. The number of methoxy groups -OCH3 is 3. The van der Waals surface area contributed by atoms with Gasteiger partial charge in [-0.25, -0.2) is 29.1 Å². The summed E-state index contributed by atoms with van der Waals surface area (Å²) in [5, 5.41) is 8.59. The van der Waals surface area contributed by atoms with Crippen molar-refractivity contribution in [2.45, 2.75) is 30.9 Å².